The quantitative estimate of drug-likeness (QED) is 0.460. The molecule has 0 spiro atoms. The molecule has 0 aromatic carbocycles. The van der Waals surface area contributed by atoms with Gasteiger partial charge in [0.05, 0.1) is 0 Å². The number of fused-ring (bicyclic) bond motifs is 4. The van der Waals surface area contributed by atoms with Crippen LogP contribution in [0.4, 0.5) is 0 Å². The van der Waals surface area contributed by atoms with Crippen LogP contribution in [0.1, 0.15) is 26.2 Å². The lowest BCUT2D eigenvalue weighted by molar-refractivity contribution is 0.272. The highest BCUT2D eigenvalue weighted by molar-refractivity contribution is 5.17. The van der Waals surface area contributed by atoms with Gasteiger partial charge in [-0.2, -0.15) is 0 Å². The van der Waals surface area contributed by atoms with E-state index in [4.69, 9.17) is 0 Å². The van der Waals surface area contributed by atoms with E-state index >= 15 is 0 Å². The molecule has 3 aliphatic heterocycles. The van der Waals surface area contributed by atoms with Gasteiger partial charge >= 0.3 is 0 Å². The van der Waals surface area contributed by atoms with Crippen LogP contribution in [0.15, 0.2) is 11.1 Å². The number of rotatable bonds is 0. The third kappa shape index (κ3) is 0.988. The summed E-state index contributed by atoms with van der Waals surface area (Å²) in [6.45, 7) is 6.28. The topological polar surface area (TPSA) is 3.24 Å². The Hall–Kier alpha value is -0.300. The first kappa shape index (κ1) is 6.41. The zero-order valence-corrected chi connectivity index (χ0v) is 6.69. The lowest BCUT2D eigenvalue weighted by Gasteiger charge is -2.24. The van der Waals surface area contributed by atoms with Crippen molar-refractivity contribution in [2.75, 3.05) is 19.6 Å². The monoisotopic (exact) mass is 137 g/mol. The Morgan fingerprint density at radius 1 is 1.00 bits per heavy atom. The van der Waals surface area contributed by atoms with Gasteiger partial charge in [-0.15, -0.1) is 0 Å². The van der Waals surface area contributed by atoms with Crippen molar-refractivity contribution in [1.82, 2.24) is 4.90 Å². The Labute approximate surface area is 62.7 Å². The maximum Gasteiger partial charge on any atom is 0.00189 e. The van der Waals surface area contributed by atoms with E-state index in [1.807, 2.05) is 0 Å². The van der Waals surface area contributed by atoms with Crippen molar-refractivity contribution in [3.05, 3.63) is 11.1 Å². The Morgan fingerprint density at radius 2 is 1.60 bits per heavy atom. The molecule has 0 atom stereocenters. The zero-order valence-electron chi connectivity index (χ0n) is 6.69. The van der Waals surface area contributed by atoms with Gasteiger partial charge in [-0.25, -0.2) is 0 Å². The van der Waals surface area contributed by atoms with Crippen LogP contribution in [0.3, 0.4) is 0 Å². The van der Waals surface area contributed by atoms with Crippen molar-refractivity contribution in [3.8, 4) is 0 Å². The summed E-state index contributed by atoms with van der Waals surface area (Å²) in [6.07, 6.45) is 4.03. The van der Waals surface area contributed by atoms with Crippen molar-refractivity contribution >= 4 is 0 Å². The van der Waals surface area contributed by atoms with Crippen LogP contribution in [0.5, 0.6) is 0 Å². The van der Waals surface area contributed by atoms with E-state index in [-0.39, 0.29) is 0 Å². The summed E-state index contributed by atoms with van der Waals surface area (Å²) >= 11 is 0. The predicted octanol–water partition coefficient (Wildman–Crippen LogP) is 1.80. The highest BCUT2D eigenvalue weighted by Gasteiger charge is 2.18. The van der Waals surface area contributed by atoms with Gasteiger partial charge in [0.15, 0.2) is 0 Å². The van der Waals surface area contributed by atoms with Gasteiger partial charge in [0.2, 0.25) is 0 Å². The van der Waals surface area contributed by atoms with E-state index in [1.165, 1.54) is 38.9 Å². The molecule has 1 nitrogen and oxygen atoms in total. The number of nitrogens with zero attached hydrogens (tertiary/aromatic N) is 1. The minimum atomic E-state index is 1.31. The zero-order chi connectivity index (χ0) is 6.97. The van der Waals surface area contributed by atoms with E-state index in [2.05, 4.69) is 11.8 Å². The summed E-state index contributed by atoms with van der Waals surface area (Å²) in [5, 5.41) is 0. The van der Waals surface area contributed by atoms with Crippen LogP contribution in [-0.4, -0.2) is 24.5 Å². The first-order valence-corrected chi connectivity index (χ1v) is 4.26. The summed E-state index contributed by atoms with van der Waals surface area (Å²) in [5.74, 6) is 0. The molecule has 0 aromatic rings. The summed E-state index contributed by atoms with van der Waals surface area (Å²) in [4.78, 5) is 2.58. The number of piperidine rings is 1. The van der Waals surface area contributed by atoms with Gasteiger partial charge in [0.25, 0.3) is 0 Å². The fourth-order valence-corrected chi connectivity index (χ4v) is 1.98. The van der Waals surface area contributed by atoms with Crippen LogP contribution in [0.2, 0.25) is 0 Å². The van der Waals surface area contributed by atoms with Crippen LogP contribution in [-0.2, 0) is 0 Å². The largest absolute Gasteiger partial charge is 0.302 e. The second-order valence-corrected chi connectivity index (χ2v) is 3.48. The second kappa shape index (κ2) is 2.39. The van der Waals surface area contributed by atoms with Crippen molar-refractivity contribution in [2.24, 2.45) is 0 Å². The molecular formula is C9H15N. The van der Waals surface area contributed by atoms with Crippen LogP contribution >= 0.6 is 0 Å². The first-order chi connectivity index (χ1) is 4.86. The third-order valence-corrected chi connectivity index (χ3v) is 2.87. The number of hydrogen-bond donors (Lipinski definition) is 0. The van der Waals surface area contributed by atoms with Gasteiger partial charge < -0.3 is 4.90 Å². The summed E-state index contributed by atoms with van der Waals surface area (Å²) in [7, 11) is 0. The molecule has 0 amide bonds. The summed E-state index contributed by atoms with van der Waals surface area (Å²) in [6, 6.07) is 0. The molecule has 0 unspecified atom stereocenters. The average molecular weight is 137 g/mol. The normalized spacial score (nSPS) is 27.3. The van der Waals surface area contributed by atoms with Gasteiger partial charge in [0, 0.05) is 19.6 Å². The van der Waals surface area contributed by atoms with E-state index in [1.54, 1.807) is 11.1 Å². The highest BCUT2D eigenvalue weighted by atomic mass is 15.1. The van der Waals surface area contributed by atoms with Crippen molar-refractivity contribution in [2.45, 2.75) is 26.2 Å². The van der Waals surface area contributed by atoms with Gasteiger partial charge in [-0.05, 0) is 26.2 Å². The summed E-state index contributed by atoms with van der Waals surface area (Å²) < 4.78 is 0. The Morgan fingerprint density at radius 3 is 2.30 bits per heavy atom. The van der Waals surface area contributed by atoms with Crippen molar-refractivity contribution < 1.29 is 0 Å². The smallest absolute Gasteiger partial charge is 0.00189 e. The molecule has 0 aromatic heterocycles. The molecule has 1 saturated heterocycles. The van der Waals surface area contributed by atoms with E-state index < -0.39 is 0 Å². The Bertz CT molecular complexity index is 160. The van der Waals surface area contributed by atoms with Crippen LogP contribution in [0, 0.1) is 0 Å². The third-order valence-electron chi connectivity index (χ3n) is 2.87. The van der Waals surface area contributed by atoms with Gasteiger partial charge in [0.1, 0.15) is 0 Å². The molecule has 10 heavy (non-hydrogen) atoms. The SMILES string of the molecule is CC1=C2CCN(CC1)CC2. The Balaban J connectivity index is 2.23. The molecule has 0 saturated carbocycles. The minimum absolute atomic E-state index is 1.31. The predicted molar refractivity (Wildman–Crippen MR) is 43.0 cm³/mol. The standard InChI is InChI=1S/C9H15N/c1-8-2-5-10-6-3-9(8)4-7-10/h2-7H2,1H3. The van der Waals surface area contributed by atoms with Crippen LogP contribution in [0.25, 0.3) is 0 Å². The molecule has 0 aliphatic carbocycles. The molecule has 0 radical (unpaired) electrons. The average Bonchev–Trinajstić information content (AvgIpc) is 2.24. The lowest BCUT2D eigenvalue weighted by Crippen LogP contribution is -2.28. The maximum atomic E-state index is 2.58. The molecule has 56 valence electrons. The molecule has 0 N–H and O–H groups in total. The Kier molecular flexibility index (Phi) is 1.53. The van der Waals surface area contributed by atoms with Gasteiger partial charge in [-0.3, -0.25) is 0 Å². The van der Waals surface area contributed by atoms with Crippen LogP contribution < -0.4 is 0 Å². The van der Waals surface area contributed by atoms with Gasteiger partial charge in [-0.1, -0.05) is 11.1 Å². The molecular weight excluding hydrogens is 122 g/mol. The fraction of sp³-hybridized carbons (Fsp3) is 0.778. The van der Waals surface area contributed by atoms with E-state index in [9.17, 15) is 0 Å². The maximum absolute atomic E-state index is 2.58. The van der Waals surface area contributed by atoms with Crippen molar-refractivity contribution in [3.63, 3.8) is 0 Å². The molecule has 1 fully saturated rings. The van der Waals surface area contributed by atoms with E-state index in [0.717, 1.165) is 0 Å². The molecule has 1 heteroatoms. The molecule has 3 rings (SSSR count). The first-order valence-electron chi connectivity index (χ1n) is 4.26. The highest BCUT2D eigenvalue weighted by Crippen LogP contribution is 2.25. The molecule has 2 bridgehead atoms. The minimum Gasteiger partial charge on any atom is -0.302 e. The second-order valence-electron chi connectivity index (χ2n) is 3.48. The van der Waals surface area contributed by atoms with Crippen molar-refractivity contribution in [1.29, 1.82) is 0 Å². The number of hydrogen-bond acceptors (Lipinski definition) is 1. The molecule has 3 heterocycles. The van der Waals surface area contributed by atoms with E-state index in [0.29, 0.717) is 0 Å². The summed E-state index contributed by atoms with van der Waals surface area (Å²) in [5.41, 5.74) is 3.44. The molecule has 3 aliphatic rings. The fourth-order valence-electron chi connectivity index (χ4n) is 1.98. The lowest BCUT2D eigenvalue weighted by atomic mass is 10.0.